The van der Waals surface area contributed by atoms with Crippen LogP contribution >= 0.6 is 0 Å². The fourth-order valence-electron chi connectivity index (χ4n) is 2.31. The van der Waals surface area contributed by atoms with Gasteiger partial charge in [0.25, 0.3) is 5.56 Å². The van der Waals surface area contributed by atoms with Crippen LogP contribution in [-0.2, 0) is 11.8 Å². The minimum atomic E-state index is -0.308. The summed E-state index contributed by atoms with van der Waals surface area (Å²) in [5.74, 6) is 0.721. The highest BCUT2D eigenvalue weighted by molar-refractivity contribution is 5.31. The average molecular weight is 256 g/mol. The molecule has 0 atom stereocenters. The fourth-order valence-corrected chi connectivity index (χ4v) is 2.31. The quantitative estimate of drug-likeness (QED) is 0.917. The van der Waals surface area contributed by atoms with E-state index in [0.717, 1.165) is 22.6 Å². The highest BCUT2D eigenvalue weighted by Gasteiger charge is 2.26. The molecule has 0 saturated carbocycles. The molecule has 19 heavy (non-hydrogen) atoms. The van der Waals surface area contributed by atoms with Gasteiger partial charge in [0.2, 0.25) is 0 Å². The second-order valence-electron chi connectivity index (χ2n) is 5.32. The average Bonchev–Trinajstić information content (AvgIpc) is 2.39. The summed E-state index contributed by atoms with van der Waals surface area (Å²) in [4.78, 5) is 19.6. The van der Waals surface area contributed by atoms with E-state index in [-0.39, 0.29) is 11.0 Å². The van der Waals surface area contributed by atoms with Gasteiger partial charge in [-0.3, -0.25) is 4.79 Å². The van der Waals surface area contributed by atoms with Crippen LogP contribution in [0.2, 0.25) is 0 Å². The van der Waals surface area contributed by atoms with Crippen LogP contribution in [-0.4, -0.2) is 9.97 Å². The molecule has 100 valence electrons. The van der Waals surface area contributed by atoms with Gasteiger partial charge in [0, 0.05) is 16.7 Å². The van der Waals surface area contributed by atoms with Crippen molar-refractivity contribution < 1.29 is 0 Å². The van der Waals surface area contributed by atoms with Crippen molar-refractivity contribution in [2.24, 2.45) is 0 Å². The maximum atomic E-state index is 12.1. The van der Waals surface area contributed by atoms with Gasteiger partial charge in [-0.05, 0) is 32.8 Å². The molecule has 0 unspecified atom stereocenters. The third kappa shape index (κ3) is 2.46. The molecule has 0 aliphatic carbocycles. The molecule has 1 heterocycles. The molecule has 0 bridgehead atoms. The van der Waals surface area contributed by atoms with Gasteiger partial charge < -0.3 is 4.98 Å². The number of nitrogens with one attached hydrogen (secondary N) is 1. The van der Waals surface area contributed by atoms with E-state index < -0.39 is 0 Å². The van der Waals surface area contributed by atoms with E-state index in [1.807, 2.05) is 32.0 Å². The van der Waals surface area contributed by atoms with E-state index in [1.54, 1.807) is 0 Å². The molecule has 0 spiro atoms. The van der Waals surface area contributed by atoms with Gasteiger partial charge >= 0.3 is 0 Å². The highest BCUT2D eigenvalue weighted by atomic mass is 16.1. The molecule has 0 aliphatic heterocycles. The first-order valence-corrected chi connectivity index (χ1v) is 6.62. The summed E-state index contributed by atoms with van der Waals surface area (Å²) in [7, 11) is 0. The molecule has 0 aliphatic rings. The third-order valence-corrected chi connectivity index (χ3v) is 3.66. The molecular weight excluding hydrogens is 236 g/mol. The number of hydrogen-bond donors (Lipinski definition) is 1. The predicted octanol–water partition coefficient (Wildman–Crippen LogP) is 2.97. The van der Waals surface area contributed by atoms with Gasteiger partial charge in [-0.15, -0.1) is 0 Å². The molecule has 1 N–H and O–H groups in total. The van der Waals surface area contributed by atoms with Gasteiger partial charge in [-0.1, -0.05) is 37.3 Å². The summed E-state index contributed by atoms with van der Waals surface area (Å²) in [6.07, 6.45) is 0.709. The van der Waals surface area contributed by atoms with E-state index in [2.05, 4.69) is 35.9 Å². The molecule has 1 aromatic heterocycles. The smallest absolute Gasteiger partial charge is 0.254 e. The number of nitrogens with zero attached hydrogens (tertiary/aromatic N) is 1. The highest BCUT2D eigenvalue weighted by Crippen LogP contribution is 2.28. The number of rotatable bonds is 3. The van der Waals surface area contributed by atoms with Gasteiger partial charge in [0.15, 0.2) is 0 Å². The first-order chi connectivity index (χ1) is 8.96. The fraction of sp³-hybridized carbons (Fsp3) is 0.375. The molecule has 2 rings (SSSR count). The van der Waals surface area contributed by atoms with E-state index in [4.69, 9.17) is 0 Å². The van der Waals surface area contributed by atoms with Crippen LogP contribution in [0.4, 0.5) is 0 Å². The monoisotopic (exact) mass is 256 g/mol. The van der Waals surface area contributed by atoms with Gasteiger partial charge in [0.1, 0.15) is 5.82 Å². The second-order valence-corrected chi connectivity index (χ2v) is 5.32. The van der Waals surface area contributed by atoms with E-state index in [0.29, 0.717) is 6.42 Å². The lowest BCUT2D eigenvalue weighted by Crippen LogP contribution is -2.28. The number of hydrogen-bond acceptors (Lipinski definition) is 2. The maximum absolute atomic E-state index is 12.1. The Morgan fingerprint density at radius 3 is 2.37 bits per heavy atom. The van der Waals surface area contributed by atoms with Crippen molar-refractivity contribution in [3.8, 4) is 0 Å². The summed E-state index contributed by atoms with van der Waals surface area (Å²) >= 11 is 0. The van der Waals surface area contributed by atoms with Crippen LogP contribution in [0.15, 0.2) is 35.1 Å². The van der Waals surface area contributed by atoms with Crippen LogP contribution in [0.5, 0.6) is 0 Å². The number of aromatic nitrogens is 2. The summed E-state index contributed by atoms with van der Waals surface area (Å²) in [6, 6.07) is 10.1. The summed E-state index contributed by atoms with van der Waals surface area (Å²) < 4.78 is 0. The van der Waals surface area contributed by atoms with Crippen molar-refractivity contribution >= 4 is 0 Å². The molecule has 2 aromatic rings. The standard InChI is InChI=1S/C16H20N2O/c1-5-13-11(2)17-15(18-14(13)19)16(3,4)12-9-7-6-8-10-12/h6-10H,5H2,1-4H3,(H,17,18,19). The minimum Gasteiger partial charge on any atom is -0.310 e. The zero-order valence-corrected chi connectivity index (χ0v) is 11.9. The lowest BCUT2D eigenvalue weighted by Gasteiger charge is -2.24. The predicted molar refractivity (Wildman–Crippen MR) is 77.5 cm³/mol. The molecule has 0 fully saturated rings. The normalized spacial score (nSPS) is 11.6. The first-order valence-electron chi connectivity index (χ1n) is 6.62. The zero-order chi connectivity index (χ0) is 14.0. The maximum Gasteiger partial charge on any atom is 0.254 e. The SMILES string of the molecule is CCc1c(C)nc(C(C)(C)c2ccccc2)[nH]c1=O. The Kier molecular flexibility index (Phi) is 3.56. The molecule has 0 saturated heterocycles. The Hall–Kier alpha value is -1.90. The molecule has 0 amide bonds. The summed E-state index contributed by atoms with van der Waals surface area (Å²) in [5, 5.41) is 0. The lowest BCUT2D eigenvalue weighted by molar-refractivity contribution is 0.581. The van der Waals surface area contributed by atoms with E-state index >= 15 is 0 Å². The summed E-state index contributed by atoms with van der Waals surface area (Å²) in [5.41, 5.74) is 2.41. The van der Waals surface area contributed by atoms with Crippen LogP contribution in [0.3, 0.4) is 0 Å². The van der Waals surface area contributed by atoms with Gasteiger partial charge in [-0.2, -0.15) is 0 Å². The van der Waals surface area contributed by atoms with Crippen molar-refractivity contribution in [1.29, 1.82) is 0 Å². The Labute approximate surface area is 113 Å². The Bertz CT molecular complexity index is 627. The molecule has 3 heteroatoms. The van der Waals surface area contributed by atoms with Gasteiger partial charge in [0.05, 0.1) is 0 Å². The van der Waals surface area contributed by atoms with Crippen molar-refractivity contribution in [2.45, 2.75) is 39.5 Å². The van der Waals surface area contributed by atoms with Crippen molar-refractivity contribution in [3.63, 3.8) is 0 Å². The second kappa shape index (κ2) is 5.00. The minimum absolute atomic E-state index is 0.0194. The number of benzene rings is 1. The Morgan fingerprint density at radius 2 is 1.84 bits per heavy atom. The zero-order valence-electron chi connectivity index (χ0n) is 11.9. The lowest BCUT2D eigenvalue weighted by atomic mass is 9.83. The molecular formula is C16H20N2O. The largest absolute Gasteiger partial charge is 0.310 e. The van der Waals surface area contributed by atoms with Crippen molar-refractivity contribution in [2.75, 3.05) is 0 Å². The number of aromatic amines is 1. The Balaban J connectivity index is 2.56. The first kappa shape index (κ1) is 13.5. The van der Waals surface area contributed by atoms with E-state index in [9.17, 15) is 4.79 Å². The van der Waals surface area contributed by atoms with Crippen molar-refractivity contribution in [3.05, 3.63) is 63.3 Å². The number of H-pyrrole nitrogens is 1. The van der Waals surface area contributed by atoms with Crippen molar-refractivity contribution in [1.82, 2.24) is 9.97 Å². The summed E-state index contributed by atoms with van der Waals surface area (Å²) in [6.45, 7) is 8.03. The van der Waals surface area contributed by atoms with Crippen LogP contribution < -0.4 is 5.56 Å². The number of aryl methyl sites for hydroxylation is 1. The van der Waals surface area contributed by atoms with Crippen LogP contribution in [0.1, 0.15) is 43.4 Å². The molecule has 3 nitrogen and oxygen atoms in total. The Morgan fingerprint density at radius 1 is 1.21 bits per heavy atom. The van der Waals surface area contributed by atoms with Gasteiger partial charge in [-0.25, -0.2) is 4.98 Å². The molecule has 1 aromatic carbocycles. The third-order valence-electron chi connectivity index (χ3n) is 3.66. The van der Waals surface area contributed by atoms with Crippen LogP contribution in [0, 0.1) is 6.92 Å². The topological polar surface area (TPSA) is 45.8 Å². The van der Waals surface area contributed by atoms with E-state index in [1.165, 1.54) is 0 Å². The molecule has 0 radical (unpaired) electrons. The van der Waals surface area contributed by atoms with Crippen LogP contribution in [0.25, 0.3) is 0 Å².